The smallest absolute Gasteiger partial charge is 0.237 e. The lowest BCUT2D eigenvalue weighted by Crippen LogP contribution is -2.42. The van der Waals surface area contributed by atoms with Gasteiger partial charge in [-0.25, -0.2) is 0 Å². The summed E-state index contributed by atoms with van der Waals surface area (Å²) in [6.07, 6.45) is 4.46. The number of carbonyl (C=O) groups is 1. The number of pyridine rings is 1. The van der Waals surface area contributed by atoms with Crippen LogP contribution in [-0.2, 0) is 4.79 Å². The van der Waals surface area contributed by atoms with Gasteiger partial charge in [0.05, 0.1) is 19.7 Å². The van der Waals surface area contributed by atoms with Crippen molar-refractivity contribution < 1.29 is 9.53 Å². The monoisotopic (exact) mass is 379 g/mol. The van der Waals surface area contributed by atoms with Gasteiger partial charge in [0, 0.05) is 42.9 Å². The van der Waals surface area contributed by atoms with Crippen LogP contribution in [0.2, 0.25) is 0 Å². The summed E-state index contributed by atoms with van der Waals surface area (Å²) in [6, 6.07) is 10.2. The van der Waals surface area contributed by atoms with E-state index in [9.17, 15) is 10.1 Å². The highest BCUT2D eigenvalue weighted by Gasteiger charge is 2.31. The maximum atomic E-state index is 12.6. The number of likely N-dealkylation sites (tertiary alicyclic amines) is 2. The second-order valence-electron chi connectivity index (χ2n) is 7.45. The van der Waals surface area contributed by atoms with Crippen molar-refractivity contribution in [1.82, 2.24) is 14.8 Å². The zero-order valence-corrected chi connectivity index (χ0v) is 16.1. The molecular formula is C21H25N5O2. The number of aromatic nitrogens is 1. The van der Waals surface area contributed by atoms with Gasteiger partial charge in [0.15, 0.2) is 0 Å². The van der Waals surface area contributed by atoms with Gasteiger partial charge < -0.3 is 15.0 Å². The summed E-state index contributed by atoms with van der Waals surface area (Å²) < 4.78 is 5.42. The minimum atomic E-state index is -0.248. The van der Waals surface area contributed by atoms with Crippen molar-refractivity contribution in [2.24, 2.45) is 0 Å². The Hall–Kier alpha value is -2.85. The Morgan fingerprint density at radius 1 is 1.36 bits per heavy atom. The van der Waals surface area contributed by atoms with Gasteiger partial charge in [0.1, 0.15) is 17.3 Å². The number of benzene rings is 1. The number of carbonyl (C=O) groups excluding carboxylic acids is 1. The second kappa shape index (κ2) is 8.03. The van der Waals surface area contributed by atoms with Crippen LogP contribution in [0.3, 0.4) is 0 Å². The molecule has 1 N–H and O–H groups in total. The first kappa shape index (κ1) is 18.5. The molecule has 1 aromatic carbocycles. The Balaban J connectivity index is 1.40. The largest absolute Gasteiger partial charge is 0.494 e. The third-order valence-corrected chi connectivity index (χ3v) is 5.67. The summed E-state index contributed by atoms with van der Waals surface area (Å²) >= 11 is 0. The number of fused-ring (bicyclic) bond motifs is 1. The molecule has 28 heavy (non-hydrogen) atoms. The number of hydrogen-bond acceptors (Lipinski definition) is 6. The highest BCUT2D eigenvalue weighted by atomic mass is 16.5. The maximum absolute atomic E-state index is 12.6. The van der Waals surface area contributed by atoms with Crippen molar-refractivity contribution in [2.45, 2.75) is 31.3 Å². The Morgan fingerprint density at radius 2 is 2.25 bits per heavy atom. The van der Waals surface area contributed by atoms with E-state index in [0.717, 1.165) is 54.7 Å². The summed E-state index contributed by atoms with van der Waals surface area (Å²) in [6.45, 7) is 2.78. The summed E-state index contributed by atoms with van der Waals surface area (Å²) in [4.78, 5) is 20.9. The van der Waals surface area contributed by atoms with Gasteiger partial charge in [-0.05, 0) is 43.5 Å². The summed E-state index contributed by atoms with van der Waals surface area (Å²) in [5, 5.41) is 13.8. The first-order valence-corrected chi connectivity index (χ1v) is 9.79. The number of ether oxygens (including phenoxy) is 1. The number of nitrogens with one attached hydrogen (secondary N) is 1. The molecular weight excluding hydrogens is 354 g/mol. The highest BCUT2D eigenvalue weighted by molar-refractivity contribution is 5.95. The summed E-state index contributed by atoms with van der Waals surface area (Å²) in [5.74, 6) is 0.834. The molecule has 3 heterocycles. The molecule has 0 spiro atoms. The molecule has 0 aliphatic carbocycles. The van der Waals surface area contributed by atoms with E-state index in [2.05, 4.69) is 21.3 Å². The van der Waals surface area contributed by atoms with E-state index in [1.807, 2.05) is 24.3 Å². The quantitative estimate of drug-likeness (QED) is 0.858. The molecule has 0 bridgehead atoms. The molecule has 7 heteroatoms. The van der Waals surface area contributed by atoms with Crippen LogP contribution in [-0.4, -0.2) is 66.1 Å². The van der Waals surface area contributed by atoms with Crippen molar-refractivity contribution in [2.75, 3.05) is 38.6 Å². The van der Waals surface area contributed by atoms with Crippen LogP contribution in [0.5, 0.6) is 5.75 Å². The van der Waals surface area contributed by atoms with Crippen LogP contribution in [0.1, 0.15) is 19.3 Å². The van der Waals surface area contributed by atoms with Crippen LogP contribution in [0.25, 0.3) is 10.9 Å². The SMILES string of the molecule is COc1ccc(N[C@H]2CCN(CC(=O)N3CCC[C@H]3C#N)C2)c2cccnc12. The number of nitriles is 1. The maximum Gasteiger partial charge on any atom is 0.237 e. The number of amides is 1. The van der Waals surface area contributed by atoms with E-state index in [1.165, 1.54) is 0 Å². The molecule has 2 fully saturated rings. The van der Waals surface area contributed by atoms with Gasteiger partial charge in [-0.3, -0.25) is 14.7 Å². The van der Waals surface area contributed by atoms with E-state index >= 15 is 0 Å². The van der Waals surface area contributed by atoms with Gasteiger partial charge in [-0.1, -0.05) is 0 Å². The standard InChI is InChI=1S/C21H25N5O2/c1-28-19-7-6-18(17-5-2-9-23-21(17)19)24-15-8-11-25(13-15)14-20(27)26-10-3-4-16(26)12-22/h2,5-7,9,15-16,24H,3-4,8,10-11,13-14H2,1H3/t15-,16-/m0/s1. The van der Waals surface area contributed by atoms with E-state index in [0.29, 0.717) is 13.1 Å². The molecule has 2 atom stereocenters. The van der Waals surface area contributed by atoms with Crippen LogP contribution in [0.15, 0.2) is 30.5 Å². The molecule has 2 aromatic rings. The van der Waals surface area contributed by atoms with E-state index in [1.54, 1.807) is 18.2 Å². The lowest BCUT2D eigenvalue weighted by Gasteiger charge is -2.23. The lowest BCUT2D eigenvalue weighted by atomic mass is 10.1. The molecule has 1 amide bonds. The number of hydrogen-bond donors (Lipinski definition) is 1. The number of nitrogens with zero attached hydrogens (tertiary/aromatic N) is 4. The van der Waals surface area contributed by atoms with Crippen LogP contribution >= 0.6 is 0 Å². The Kier molecular flexibility index (Phi) is 5.31. The average molecular weight is 379 g/mol. The molecule has 7 nitrogen and oxygen atoms in total. The molecule has 1 aromatic heterocycles. The highest BCUT2D eigenvalue weighted by Crippen LogP contribution is 2.31. The van der Waals surface area contributed by atoms with Crippen molar-refractivity contribution in [3.05, 3.63) is 30.5 Å². The predicted octanol–water partition coefficient (Wildman–Crippen LogP) is 2.24. The third-order valence-electron chi connectivity index (χ3n) is 5.67. The van der Waals surface area contributed by atoms with Gasteiger partial charge >= 0.3 is 0 Å². The van der Waals surface area contributed by atoms with Crippen molar-refractivity contribution in [3.8, 4) is 11.8 Å². The van der Waals surface area contributed by atoms with Crippen LogP contribution < -0.4 is 10.1 Å². The number of anilines is 1. The number of rotatable bonds is 5. The predicted molar refractivity (Wildman–Crippen MR) is 107 cm³/mol. The molecule has 2 aliphatic heterocycles. The van der Waals surface area contributed by atoms with E-state index in [4.69, 9.17) is 4.74 Å². The van der Waals surface area contributed by atoms with Gasteiger partial charge in [0.25, 0.3) is 0 Å². The topological polar surface area (TPSA) is 81.5 Å². The molecule has 2 aliphatic rings. The third kappa shape index (κ3) is 3.60. The fourth-order valence-corrected chi connectivity index (χ4v) is 4.23. The Labute approximate surface area is 164 Å². The van der Waals surface area contributed by atoms with E-state index < -0.39 is 0 Å². The van der Waals surface area contributed by atoms with Gasteiger partial charge in [0.2, 0.25) is 5.91 Å². The number of methoxy groups -OCH3 is 1. The Bertz CT molecular complexity index is 909. The minimum Gasteiger partial charge on any atom is -0.494 e. The normalized spacial score (nSPS) is 22.4. The molecule has 0 radical (unpaired) electrons. The average Bonchev–Trinajstić information content (AvgIpc) is 3.37. The summed E-state index contributed by atoms with van der Waals surface area (Å²) in [7, 11) is 1.65. The lowest BCUT2D eigenvalue weighted by molar-refractivity contribution is -0.132. The molecule has 4 rings (SSSR count). The van der Waals surface area contributed by atoms with Crippen LogP contribution in [0.4, 0.5) is 5.69 Å². The Morgan fingerprint density at radius 3 is 3.07 bits per heavy atom. The fraction of sp³-hybridized carbons (Fsp3) is 0.476. The molecule has 0 unspecified atom stereocenters. The van der Waals surface area contributed by atoms with Gasteiger partial charge in [-0.15, -0.1) is 0 Å². The first-order chi connectivity index (χ1) is 13.7. The van der Waals surface area contributed by atoms with Crippen molar-refractivity contribution >= 4 is 22.5 Å². The van der Waals surface area contributed by atoms with Crippen LogP contribution in [0, 0.1) is 11.3 Å². The van der Waals surface area contributed by atoms with Gasteiger partial charge in [-0.2, -0.15) is 5.26 Å². The zero-order chi connectivity index (χ0) is 19.5. The van der Waals surface area contributed by atoms with E-state index in [-0.39, 0.29) is 18.0 Å². The molecule has 2 saturated heterocycles. The molecule has 0 saturated carbocycles. The molecule has 146 valence electrons. The van der Waals surface area contributed by atoms with Crippen molar-refractivity contribution in [3.63, 3.8) is 0 Å². The minimum absolute atomic E-state index is 0.0730. The summed E-state index contributed by atoms with van der Waals surface area (Å²) in [5.41, 5.74) is 1.88. The fourth-order valence-electron chi connectivity index (χ4n) is 4.23. The van der Waals surface area contributed by atoms with Crippen molar-refractivity contribution in [1.29, 1.82) is 5.26 Å². The second-order valence-corrected chi connectivity index (χ2v) is 7.45. The first-order valence-electron chi connectivity index (χ1n) is 9.79. The zero-order valence-electron chi connectivity index (χ0n) is 16.1.